The van der Waals surface area contributed by atoms with E-state index in [-0.39, 0.29) is 5.60 Å². The maximum absolute atomic E-state index is 6.12. The quantitative estimate of drug-likeness (QED) is 0.512. The fraction of sp³-hybridized carbons (Fsp3) is 0.667. The molecule has 0 aromatic heterocycles. The molecule has 2 rings (SSSR count). The summed E-state index contributed by atoms with van der Waals surface area (Å²) < 4.78 is 17.0. The van der Waals surface area contributed by atoms with Gasteiger partial charge in [0.15, 0.2) is 5.96 Å². The Morgan fingerprint density at radius 2 is 2.15 bits per heavy atom. The Kier molecular flexibility index (Phi) is 8.38. The number of benzene rings is 1. The molecular weight excluding hydrogens is 342 g/mol. The molecule has 0 amide bonds. The van der Waals surface area contributed by atoms with Gasteiger partial charge in [0.05, 0.1) is 25.4 Å². The number of ether oxygens (including phenoxy) is 3. The smallest absolute Gasteiger partial charge is 0.191 e. The normalized spacial score (nSPS) is 17.8. The van der Waals surface area contributed by atoms with E-state index in [1.807, 2.05) is 13.8 Å². The molecule has 0 saturated carbocycles. The average molecular weight is 378 g/mol. The van der Waals surface area contributed by atoms with Crippen LogP contribution < -0.4 is 15.4 Å². The van der Waals surface area contributed by atoms with Crippen molar-refractivity contribution in [2.24, 2.45) is 10.9 Å². The fourth-order valence-corrected chi connectivity index (χ4v) is 2.72. The number of hydrogen-bond donors (Lipinski definition) is 2. The van der Waals surface area contributed by atoms with Crippen molar-refractivity contribution in [2.75, 3.05) is 40.0 Å². The summed E-state index contributed by atoms with van der Waals surface area (Å²) in [4.78, 5) is 4.73. The summed E-state index contributed by atoms with van der Waals surface area (Å²) in [6, 6.07) is 6.29. The van der Waals surface area contributed by atoms with E-state index in [0.29, 0.717) is 25.6 Å². The summed E-state index contributed by atoms with van der Waals surface area (Å²) in [5, 5.41) is 6.63. The SMILES string of the molecule is CCNC(=NCc1ccc(C)cc1OCC1CCOC1)NCC(C)(C)OC. The standard InChI is InChI=1S/C21H35N3O3/c1-6-22-20(24-15-21(3,4)25-5)23-12-18-8-7-16(2)11-19(18)27-14-17-9-10-26-13-17/h7-8,11,17H,6,9-10,12-15H2,1-5H3,(H2,22,23,24). The first-order valence-electron chi connectivity index (χ1n) is 9.81. The molecule has 1 atom stereocenters. The number of guanidine groups is 1. The number of aryl methyl sites for hydroxylation is 1. The molecule has 27 heavy (non-hydrogen) atoms. The maximum atomic E-state index is 6.12. The van der Waals surface area contributed by atoms with E-state index in [1.165, 1.54) is 5.56 Å². The van der Waals surface area contributed by atoms with E-state index < -0.39 is 0 Å². The van der Waals surface area contributed by atoms with E-state index in [2.05, 4.69) is 42.7 Å². The summed E-state index contributed by atoms with van der Waals surface area (Å²) in [7, 11) is 1.72. The zero-order valence-corrected chi connectivity index (χ0v) is 17.4. The highest BCUT2D eigenvalue weighted by Gasteiger charge is 2.18. The number of rotatable bonds is 9. The molecule has 1 aromatic carbocycles. The van der Waals surface area contributed by atoms with Gasteiger partial charge in [0.25, 0.3) is 0 Å². The molecule has 1 aliphatic rings. The van der Waals surface area contributed by atoms with Crippen LogP contribution in [0.3, 0.4) is 0 Å². The Bertz CT molecular complexity index is 611. The summed E-state index contributed by atoms with van der Waals surface area (Å²) in [6.07, 6.45) is 1.07. The number of methoxy groups -OCH3 is 1. The van der Waals surface area contributed by atoms with E-state index in [1.54, 1.807) is 7.11 Å². The molecular formula is C21H35N3O3. The third-order valence-corrected chi connectivity index (χ3v) is 4.71. The second-order valence-electron chi connectivity index (χ2n) is 7.66. The monoisotopic (exact) mass is 377 g/mol. The molecule has 1 aromatic rings. The molecule has 0 bridgehead atoms. The molecule has 1 saturated heterocycles. The van der Waals surface area contributed by atoms with E-state index in [9.17, 15) is 0 Å². The van der Waals surface area contributed by atoms with Gasteiger partial charge in [-0.3, -0.25) is 0 Å². The molecule has 0 spiro atoms. The van der Waals surface area contributed by atoms with Gasteiger partial charge in [-0.1, -0.05) is 12.1 Å². The van der Waals surface area contributed by atoms with Crippen molar-refractivity contribution < 1.29 is 14.2 Å². The van der Waals surface area contributed by atoms with E-state index in [0.717, 1.165) is 43.5 Å². The van der Waals surface area contributed by atoms with Crippen molar-refractivity contribution in [2.45, 2.75) is 46.3 Å². The minimum Gasteiger partial charge on any atom is -0.493 e. The first kappa shape index (κ1) is 21.5. The lowest BCUT2D eigenvalue weighted by atomic mass is 10.1. The third-order valence-electron chi connectivity index (χ3n) is 4.71. The summed E-state index contributed by atoms with van der Waals surface area (Å²) in [5.41, 5.74) is 2.02. The minimum absolute atomic E-state index is 0.252. The molecule has 0 aliphatic carbocycles. The van der Waals surface area contributed by atoms with Crippen LogP contribution in [0.2, 0.25) is 0 Å². The lowest BCUT2D eigenvalue weighted by Crippen LogP contribution is -2.45. The number of nitrogens with one attached hydrogen (secondary N) is 2. The minimum atomic E-state index is -0.252. The van der Waals surface area contributed by atoms with Crippen LogP contribution in [0.5, 0.6) is 5.75 Å². The zero-order chi connectivity index (χ0) is 19.7. The molecule has 152 valence electrons. The van der Waals surface area contributed by atoms with Crippen molar-refractivity contribution in [1.29, 1.82) is 0 Å². The number of nitrogens with zero attached hydrogens (tertiary/aromatic N) is 1. The van der Waals surface area contributed by atoms with Gasteiger partial charge < -0.3 is 24.8 Å². The van der Waals surface area contributed by atoms with Gasteiger partial charge in [-0.05, 0) is 45.7 Å². The summed E-state index contributed by atoms with van der Waals surface area (Å²) in [6.45, 7) is 12.6. The average Bonchev–Trinajstić information content (AvgIpc) is 3.17. The Hall–Kier alpha value is -1.79. The lowest BCUT2D eigenvalue weighted by Gasteiger charge is -2.24. The predicted molar refractivity (Wildman–Crippen MR) is 110 cm³/mol. The molecule has 1 heterocycles. The van der Waals surface area contributed by atoms with Crippen LogP contribution >= 0.6 is 0 Å². The zero-order valence-electron chi connectivity index (χ0n) is 17.4. The van der Waals surface area contributed by atoms with Gasteiger partial charge in [-0.25, -0.2) is 4.99 Å². The van der Waals surface area contributed by atoms with Crippen molar-refractivity contribution in [3.63, 3.8) is 0 Å². The fourth-order valence-electron chi connectivity index (χ4n) is 2.72. The topological polar surface area (TPSA) is 64.1 Å². The van der Waals surface area contributed by atoms with Crippen LogP contribution in [0.4, 0.5) is 0 Å². The van der Waals surface area contributed by atoms with Crippen LogP contribution in [0, 0.1) is 12.8 Å². The molecule has 1 fully saturated rings. The number of hydrogen-bond acceptors (Lipinski definition) is 4. The molecule has 0 radical (unpaired) electrons. The van der Waals surface area contributed by atoms with Crippen LogP contribution in [0.1, 0.15) is 38.3 Å². The molecule has 6 nitrogen and oxygen atoms in total. The van der Waals surface area contributed by atoms with Crippen molar-refractivity contribution in [3.05, 3.63) is 29.3 Å². The van der Waals surface area contributed by atoms with Gasteiger partial charge in [-0.15, -0.1) is 0 Å². The first-order chi connectivity index (χ1) is 12.9. The van der Waals surface area contributed by atoms with Crippen LogP contribution in [-0.2, 0) is 16.0 Å². The molecule has 2 N–H and O–H groups in total. The van der Waals surface area contributed by atoms with Gasteiger partial charge >= 0.3 is 0 Å². The van der Waals surface area contributed by atoms with E-state index in [4.69, 9.17) is 19.2 Å². The second kappa shape index (κ2) is 10.5. The Labute approximate surface area is 163 Å². The Morgan fingerprint density at radius 1 is 1.33 bits per heavy atom. The highest BCUT2D eigenvalue weighted by molar-refractivity contribution is 5.79. The third kappa shape index (κ3) is 7.39. The van der Waals surface area contributed by atoms with Crippen molar-refractivity contribution >= 4 is 5.96 Å². The highest BCUT2D eigenvalue weighted by Crippen LogP contribution is 2.23. The maximum Gasteiger partial charge on any atom is 0.191 e. The number of aliphatic imine (C=N–C) groups is 1. The van der Waals surface area contributed by atoms with Gasteiger partial charge in [0, 0.05) is 38.3 Å². The predicted octanol–water partition coefficient (Wildman–Crippen LogP) is 2.89. The highest BCUT2D eigenvalue weighted by atomic mass is 16.5. The molecule has 1 unspecified atom stereocenters. The first-order valence-corrected chi connectivity index (χ1v) is 9.81. The van der Waals surface area contributed by atoms with Crippen molar-refractivity contribution in [3.8, 4) is 5.75 Å². The van der Waals surface area contributed by atoms with E-state index >= 15 is 0 Å². The van der Waals surface area contributed by atoms with Crippen LogP contribution in [0.25, 0.3) is 0 Å². The summed E-state index contributed by atoms with van der Waals surface area (Å²) in [5.74, 6) is 2.18. The van der Waals surface area contributed by atoms with Crippen LogP contribution in [0.15, 0.2) is 23.2 Å². The van der Waals surface area contributed by atoms with Crippen LogP contribution in [-0.4, -0.2) is 51.6 Å². The second-order valence-corrected chi connectivity index (χ2v) is 7.66. The largest absolute Gasteiger partial charge is 0.493 e. The van der Waals surface area contributed by atoms with Crippen molar-refractivity contribution in [1.82, 2.24) is 10.6 Å². The van der Waals surface area contributed by atoms with Gasteiger partial charge in [0.2, 0.25) is 0 Å². The van der Waals surface area contributed by atoms with Gasteiger partial charge in [-0.2, -0.15) is 0 Å². The lowest BCUT2D eigenvalue weighted by molar-refractivity contribution is 0.0268. The molecule has 1 aliphatic heterocycles. The Balaban J connectivity index is 2.02. The molecule has 6 heteroatoms. The Morgan fingerprint density at radius 3 is 2.81 bits per heavy atom. The summed E-state index contributed by atoms with van der Waals surface area (Å²) >= 11 is 0. The van der Waals surface area contributed by atoms with Gasteiger partial charge in [0.1, 0.15) is 5.75 Å².